The minimum atomic E-state index is -0.135. The molecule has 0 heterocycles. The van der Waals surface area contributed by atoms with Gasteiger partial charge in [0.25, 0.3) is 0 Å². The Bertz CT molecular complexity index is 547. The Hall–Kier alpha value is -1.80. The van der Waals surface area contributed by atoms with Gasteiger partial charge in [-0.25, -0.2) is 0 Å². The molecule has 0 saturated heterocycles. The Balaban J connectivity index is 2.55. The van der Waals surface area contributed by atoms with Crippen molar-refractivity contribution in [2.75, 3.05) is 0 Å². The van der Waals surface area contributed by atoms with Crippen LogP contribution >= 0.6 is 0 Å². The van der Waals surface area contributed by atoms with Gasteiger partial charge in [0.15, 0.2) is 0 Å². The molecule has 0 amide bonds. The molecule has 1 atom stereocenters. The van der Waals surface area contributed by atoms with Crippen molar-refractivity contribution in [3.63, 3.8) is 0 Å². The van der Waals surface area contributed by atoms with Gasteiger partial charge in [0.05, 0.1) is 6.61 Å². The molecule has 100 valence electrons. The van der Waals surface area contributed by atoms with E-state index in [0.29, 0.717) is 5.56 Å². The summed E-state index contributed by atoms with van der Waals surface area (Å²) in [5.41, 5.74) is 3.78. The normalized spacial score (nSPS) is 12.4. The van der Waals surface area contributed by atoms with Crippen molar-refractivity contribution < 1.29 is 10.2 Å². The lowest BCUT2D eigenvalue weighted by molar-refractivity contribution is 0.275. The summed E-state index contributed by atoms with van der Waals surface area (Å²) in [7, 11) is 0. The van der Waals surface area contributed by atoms with Gasteiger partial charge in [0.2, 0.25) is 0 Å². The lowest BCUT2D eigenvalue weighted by Crippen LogP contribution is -2.04. The van der Waals surface area contributed by atoms with E-state index in [9.17, 15) is 10.2 Å². The van der Waals surface area contributed by atoms with Crippen LogP contribution < -0.4 is 0 Å². The van der Waals surface area contributed by atoms with Crippen molar-refractivity contribution in [3.8, 4) is 5.75 Å². The maximum atomic E-state index is 10.4. The molecule has 0 aromatic heterocycles. The van der Waals surface area contributed by atoms with Crippen molar-refractivity contribution in [1.29, 1.82) is 0 Å². The molecule has 19 heavy (non-hydrogen) atoms. The highest BCUT2D eigenvalue weighted by molar-refractivity contribution is 5.50. The van der Waals surface area contributed by atoms with Crippen molar-refractivity contribution in [3.05, 3.63) is 64.7 Å². The lowest BCUT2D eigenvalue weighted by Gasteiger charge is -2.21. The Kier molecular flexibility index (Phi) is 4.23. The summed E-state index contributed by atoms with van der Waals surface area (Å²) in [5.74, 6) is 0.394. The standard InChI is InChI=1S/C17H20O2/c1-3-15(13-7-5-4-6-8-13)16-12(2)9-10-14(11-18)17(16)19/h4-10,15,18-19H,3,11H2,1-2H3/t15-/m1/s1. The van der Waals surface area contributed by atoms with Gasteiger partial charge in [-0.05, 0) is 24.5 Å². The van der Waals surface area contributed by atoms with Crippen LogP contribution in [0, 0.1) is 6.92 Å². The second-order valence-corrected chi connectivity index (χ2v) is 4.83. The van der Waals surface area contributed by atoms with Crippen LogP contribution in [0.4, 0.5) is 0 Å². The predicted octanol–water partition coefficient (Wildman–Crippen LogP) is 3.73. The average molecular weight is 256 g/mol. The number of aliphatic hydroxyl groups is 1. The molecule has 0 aliphatic rings. The molecule has 0 spiro atoms. The van der Waals surface area contributed by atoms with E-state index >= 15 is 0 Å². The minimum absolute atomic E-state index is 0.135. The molecule has 2 aromatic rings. The molecule has 0 fully saturated rings. The summed E-state index contributed by atoms with van der Waals surface area (Å²) >= 11 is 0. The van der Waals surface area contributed by atoms with Crippen LogP contribution in [0.2, 0.25) is 0 Å². The van der Waals surface area contributed by atoms with Crippen LogP contribution in [0.15, 0.2) is 42.5 Å². The van der Waals surface area contributed by atoms with Crippen LogP contribution in [-0.2, 0) is 6.61 Å². The fourth-order valence-corrected chi connectivity index (χ4v) is 2.61. The predicted molar refractivity (Wildman–Crippen MR) is 77.3 cm³/mol. The second kappa shape index (κ2) is 5.89. The SMILES string of the molecule is CC[C@H](c1ccccc1)c1c(C)ccc(CO)c1O. The lowest BCUT2D eigenvalue weighted by atomic mass is 9.85. The molecule has 2 N–H and O–H groups in total. The van der Waals surface area contributed by atoms with Crippen LogP contribution in [-0.4, -0.2) is 10.2 Å². The third kappa shape index (κ3) is 2.64. The first-order chi connectivity index (χ1) is 9.19. The van der Waals surface area contributed by atoms with Crippen LogP contribution in [0.3, 0.4) is 0 Å². The Morgan fingerprint density at radius 2 is 1.74 bits per heavy atom. The fourth-order valence-electron chi connectivity index (χ4n) is 2.61. The highest BCUT2D eigenvalue weighted by Gasteiger charge is 2.19. The van der Waals surface area contributed by atoms with E-state index in [1.807, 2.05) is 31.2 Å². The number of hydrogen-bond donors (Lipinski definition) is 2. The molecule has 0 aliphatic carbocycles. The van der Waals surface area contributed by atoms with E-state index in [0.717, 1.165) is 17.5 Å². The molecule has 2 aromatic carbocycles. The van der Waals surface area contributed by atoms with E-state index in [2.05, 4.69) is 19.1 Å². The third-order valence-corrected chi connectivity index (χ3v) is 3.65. The summed E-state index contributed by atoms with van der Waals surface area (Å²) < 4.78 is 0. The van der Waals surface area contributed by atoms with Crippen LogP contribution in [0.1, 0.15) is 41.5 Å². The topological polar surface area (TPSA) is 40.5 Å². The first kappa shape index (κ1) is 13.6. The van der Waals surface area contributed by atoms with E-state index in [1.54, 1.807) is 6.07 Å². The Morgan fingerprint density at radius 3 is 2.32 bits per heavy atom. The highest BCUT2D eigenvalue weighted by Crippen LogP contribution is 2.38. The monoisotopic (exact) mass is 256 g/mol. The first-order valence-electron chi connectivity index (χ1n) is 6.66. The van der Waals surface area contributed by atoms with Gasteiger partial charge in [0, 0.05) is 17.0 Å². The molecule has 0 unspecified atom stereocenters. The number of hydrogen-bond acceptors (Lipinski definition) is 2. The van der Waals surface area contributed by atoms with Crippen molar-refractivity contribution in [1.82, 2.24) is 0 Å². The largest absolute Gasteiger partial charge is 0.507 e. The summed E-state index contributed by atoms with van der Waals surface area (Å²) in [6.07, 6.45) is 0.910. The van der Waals surface area contributed by atoms with Crippen molar-refractivity contribution in [2.45, 2.75) is 32.8 Å². The van der Waals surface area contributed by atoms with Crippen LogP contribution in [0.5, 0.6) is 5.75 Å². The average Bonchev–Trinajstić information content (AvgIpc) is 2.44. The first-order valence-corrected chi connectivity index (χ1v) is 6.66. The molecule has 2 nitrogen and oxygen atoms in total. The quantitative estimate of drug-likeness (QED) is 0.875. The summed E-state index contributed by atoms with van der Waals surface area (Å²) in [6.45, 7) is 3.98. The number of benzene rings is 2. The minimum Gasteiger partial charge on any atom is -0.507 e. The number of rotatable bonds is 4. The highest BCUT2D eigenvalue weighted by atomic mass is 16.3. The van der Waals surface area contributed by atoms with E-state index in [1.165, 1.54) is 5.56 Å². The zero-order valence-corrected chi connectivity index (χ0v) is 11.4. The van der Waals surface area contributed by atoms with Gasteiger partial charge < -0.3 is 10.2 Å². The molecule has 0 bridgehead atoms. The molecule has 2 heteroatoms. The maximum Gasteiger partial charge on any atom is 0.125 e. The van der Waals surface area contributed by atoms with Gasteiger partial charge in [0.1, 0.15) is 5.75 Å². The van der Waals surface area contributed by atoms with Gasteiger partial charge >= 0.3 is 0 Å². The van der Waals surface area contributed by atoms with Crippen molar-refractivity contribution >= 4 is 0 Å². The van der Waals surface area contributed by atoms with Gasteiger partial charge in [-0.2, -0.15) is 0 Å². The Labute approximate surface area is 114 Å². The zero-order valence-electron chi connectivity index (χ0n) is 11.4. The third-order valence-electron chi connectivity index (χ3n) is 3.65. The number of phenols is 1. The number of aliphatic hydroxyl groups excluding tert-OH is 1. The molecular formula is C17H20O2. The van der Waals surface area contributed by atoms with E-state index in [-0.39, 0.29) is 18.3 Å². The van der Waals surface area contributed by atoms with Crippen LogP contribution in [0.25, 0.3) is 0 Å². The number of aromatic hydroxyl groups is 1. The van der Waals surface area contributed by atoms with Gasteiger partial charge in [-0.3, -0.25) is 0 Å². The summed E-state index contributed by atoms with van der Waals surface area (Å²) in [6, 6.07) is 13.9. The Morgan fingerprint density at radius 1 is 1.05 bits per heavy atom. The van der Waals surface area contributed by atoms with Gasteiger partial charge in [-0.1, -0.05) is 49.4 Å². The summed E-state index contributed by atoms with van der Waals surface area (Å²) in [5, 5.41) is 19.7. The smallest absolute Gasteiger partial charge is 0.125 e. The zero-order chi connectivity index (χ0) is 13.8. The molecule has 0 aliphatic heterocycles. The molecular weight excluding hydrogens is 236 g/mol. The van der Waals surface area contributed by atoms with E-state index in [4.69, 9.17) is 0 Å². The molecule has 0 radical (unpaired) electrons. The molecule has 2 rings (SSSR count). The maximum absolute atomic E-state index is 10.4. The second-order valence-electron chi connectivity index (χ2n) is 4.83. The number of aryl methyl sites for hydroxylation is 1. The fraction of sp³-hybridized carbons (Fsp3) is 0.294. The molecule has 0 saturated carbocycles. The summed E-state index contributed by atoms with van der Waals surface area (Å²) in [4.78, 5) is 0. The van der Waals surface area contributed by atoms with Gasteiger partial charge in [-0.15, -0.1) is 0 Å². The van der Waals surface area contributed by atoms with E-state index < -0.39 is 0 Å². The van der Waals surface area contributed by atoms with Crippen molar-refractivity contribution in [2.24, 2.45) is 0 Å².